The Kier molecular flexibility index (Phi) is 7.61. The molecule has 0 radical (unpaired) electrons. The van der Waals surface area contributed by atoms with Crippen molar-refractivity contribution in [3.8, 4) is 0 Å². The van der Waals surface area contributed by atoms with Gasteiger partial charge in [0.15, 0.2) is 0 Å². The molecule has 1 aromatic heterocycles. The standard InChI is InChI=1S/C16H28N4O4/c1-3-4-5-6-13(10-20(22)11-21)16-19-18-15(24-16)12(2)14-9-17-7-8-23-14/h11-14,17,22H,3-10H2,1-2H3/t12?,13-,14?/m1/s1. The molecule has 24 heavy (non-hydrogen) atoms. The number of nitrogens with zero attached hydrogens (tertiary/aromatic N) is 3. The maximum Gasteiger partial charge on any atom is 0.233 e. The van der Waals surface area contributed by atoms with Crippen LogP contribution in [0, 0.1) is 0 Å². The van der Waals surface area contributed by atoms with Crippen LogP contribution in [0.15, 0.2) is 4.42 Å². The van der Waals surface area contributed by atoms with Crippen LogP contribution in [0.1, 0.15) is 63.1 Å². The number of hydrogen-bond acceptors (Lipinski definition) is 7. The predicted octanol–water partition coefficient (Wildman–Crippen LogP) is 1.67. The van der Waals surface area contributed by atoms with Gasteiger partial charge < -0.3 is 14.5 Å². The third-order valence-electron chi connectivity index (χ3n) is 4.39. The van der Waals surface area contributed by atoms with Crippen LogP contribution in [0.2, 0.25) is 0 Å². The second kappa shape index (κ2) is 9.71. The summed E-state index contributed by atoms with van der Waals surface area (Å²) in [4.78, 5) is 10.7. The van der Waals surface area contributed by atoms with Gasteiger partial charge in [0.1, 0.15) is 0 Å². The molecule has 1 amide bonds. The van der Waals surface area contributed by atoms with Crippen molar-refractivity contribution in [3.05, 3.63) is 11.8 Å². The third kappa shape index (κ3) is 5.25. The van der Waals surface area contributed by atoms with Gasteiger partial charge in [-0.25, -0.2) is 5.06 Å². The molecule has 2 N–H and O–H groups in total. The first-order chi connectivity index (χ1) is 11.7. The Hall–Kier alpha value is -1.51. The summed E-state index contributed by atoms with van der Waals surface area (Å²) in [6.45, 7) is 6.58. The summed E-state index contributed by atoms with van der Waals surface area (Å²) in [7, 11) is 0. The van der Waals surface area contributed by atoms with Crippen LogP contribution in [0.3, 0.4) is 0 Å². The van der Waals surface area contributed by atoms with Crippen molar-refractivity contribution < 1.29 is 19.2 Å². The summed E-state index contributed by atoms with van der Waals surface area (Å²) in [5, 5.41) is 21.8. The Morgan fingerprint density at radius 2 is 2.21 bits per heavy atom. The van der Waals surface area contributed by atoms with Crippen molar-refractivity contribution in [2.75, 3.05) is 26.2 Å². The number of hydroxylamine groups is 2. The minimum atomic E-state index is -0.161. The molecule has 0 aliphatic carbocycles. The molecule has 0 aromatic carbocycles. The van der Waals surface area contributed by atoms with Gasteiger partial charge in [-0.05, 0) is 6.42 Å². The summed E-state index contributed by atoms with van der Waals surface area (Å²) in [5.41, 5.74) is 0. The molecule has 1 fully saturated rings. The van der Waals surface area contributed by atoms with Gasteiger partial charge in [0.2, 0.25) is 18.2 Å². The fraction of sp³-hybridized carbons (Fsp3) is 0.812. The predicted molar refractivity (Wildman–Crippen MR) is 86.8 cm³/mol. The molecule has 136 valence electrons. The van der Waals surface area contributed by atoms with E-state index in [0.29, 0.717) is 29.9 Å². The highest BCUT2D eigenvalue weighted by atomic mass is 16.5. The van der Waals surface area contributed by atoms with Crippen molar-refractivity contribution >= 4 is 6.41 Å². The number of carbonyl (C=O) groups is 1. The van der Waals surface area contributed by atoms with Gasteiger partial charge in [-0.2, -0.15) is 0 Å². The Labute approximate surface area is 142 Å². The smallest absolute Gasteiger partial charge is 0.233 e. The van der Waals surface area contributed by atoms with Crippen LogP contribution in [-0.2, 0) is 9.53 Å². The van der Waals surface area contributed by atoms with Crippen molar-refractivity contribution in [2.24, 2.45) is 0 Å². The number of hydrogen-bond donors (Lipinski definition) is 2. The van der Waals surface area contributed by atoms with Crippen molar-refractivity contribution in [1.29, 1.82) is 0 Å². The number of rotatable bonds is 10. The van der Waals surface area contributed by atoms with Gasteiger partial charge in [0.25, 0.3) is 0 Å². The molecule has 2 unspecified atom stereocenters. The van der Waals surface area contributed by atoms with Crippen molar-refractivity contribution in [2.45, 2.75) is 57.5 Å². The first-order valence-corrected chi connectivity index (χ1v) is 8.72. The fourth-order valence-electron chi connectivity index (χ4n) is 2.86. The van der Waals surface area contributed by atoms with Gasteiger partial charge >= 0.3 is 0 Å². The maximum absolute atomic E-state index is 10.7. The number of aromatic nitrogens is 2. The first kappa shape index (κ1) is 18.8. The molecule has 2 heterocycles. The Bertz CT molecular complexity index is 490. The molecule has 1 aromatic rings. The van der Waals surface area contributed by atoms with E-state index in [2.05, 4.69) is 22.4 Å². The largest absolute Gasteiger partial charge is 0.425 e. The van der Waals surface area contributed by atoms with E-state index in [-0.39, 0.29) is 24.5 Å². The van der Waals surface area contributed by atoms with Crippen LogP contribution in [0.25, 0.3) is 0 Å². The minimum absolute atomic E-state index is 0.00774. The van der Waals surface area contributed by atoms with Crippen LogP contribution in [-0.4, -0.2) is 59.2 Å². The quantitative estimate of drug-likeness (QED) is 0.289. The van der Waals surface area contributed by atoms with Crippen LogP contribution < -0.4 is 5.32 Å². The summed E-state index contributed by atoms with van der Waals surface area (Å²) in [6.07, 6.45) is 4.36. The highest BCUT2D eigenvalue weighted by Gasteiger charge is 2.28. The molecule has 1 saturated heterocycles. The van der Waals surface area contributed by atoms with Crippen molar-refractivity contribution in [1.82, 2.24) is 20.6 Å². The summed E-state index contributed by atoms with van der Waals surface area (Å²) >= 11 is 0. The molecular weight excluding hydrogens is 312 g/mol. The van der Waals surface area contributed by atoms with E-state index in [1.807, 2.05) is 6.92 Å². The normalized spacial score (nSPS) is 20.5. The lowest BCUT2D eigenvalue weighted by molar-refractivity contribution is -0.151. The Morgan fingerprint density at radius 3 is 2.88 bits per heavy atom. The topological polar surface area (TPSA) is 101 Å². The highest BCUT2D eigenvalue weighted by molar-refractivity contribution is 5.44. The van der Waals surface area contributed by atoms with E-state index in [0.717, 1.165) is 38.8 Å². The van der Waals surface area contributed by atoms with E-state index < -0.39 is 0 Å². The molecule has 0 saturated carbocycles. The zero-order valence-corrected chi connectivity index (χ0v) is 14.5. The second-order valence-electron chi connectivity index (χ2n) is 6.30. The lowest BCUT2D eigenvalue weighted by atomic mass is 10.0. The van der Waals surface area contributed by atoms with E-state index in [4.69, 9.17) is 9.15 Å². The number of unbranched alkanes of at least 4 members (excludes halogenated alkanes) is 2. The lowest BCUT2D eigenvalue weighted by Crippen LogP contribution is -2.41. The van der Waals surface area contributed by atoms with Gasteiger partial charge in [-0.3, -0.25) is 10.0 Å². The molecule has 3 atom stereocenters. The number of amides is 1. The molecule has 0 bridgehead atoms. The minimum Gasteiger partial charge on any atom is -0.425 e. The maximum atomic E-state index is 10.7. The number of nitrogens with one attached hydrogen (secondary N) is 1. The zero-order valence-electron chi connectivity index (χ0n) is 14.5. The van der Waals surface area contributed by atoms with Gasteiger partial charge in [0.05, 0.1) is 31.1 Å². The summed E-state index contributed by atoms with van der Waals surface area (Å²) in [6, 6.07) is 0. The average molecular weight is 340 g/mol. The zero-order chi connectivity index (χ0) is 17.4. The third-order valence-corrected chi connectivity index (χ3v) is 4.39. The van der Waals surface area contributed by atoms with E-state index in [9.17, 15) is 10.0 Å². The molecule has 8 heteroatoms. The summed E-state index contributed by atoms with van der Waals surface area (Å²) in [5.74, 6) is 0.838. The van der Waals surface area contributed by atoms with Crippen molar-refractivity contribution in [3.63, 3.8) is 0 Å². The first-order valence-electron chi connectivity index (χ1n) is 8.72. The SMILES string of the molecule is CCCCC[C@H](CN(O)C=O)c1nnc(C(C)C2CNCCO2)o1. The molecule has 1 aliphatic heterocycles. The second-order valence-corrected chi connectivity index (χ2v) is 6.30. The highest BCUT2D eigenvalue weighted by Crippen LogP contribution is 2.26. The molecule has 0 spiro atoms. The molecule has 1 aliphatic rings. The monoisotopic (exact) mass is 340 g/mol. The lowest BCUT2D eigenvalue weighted by Gasteiger charge is -2.26. The van der Waals surface area contributed by atoms with Gasteiger partial charge in [0, 0.05) is 13.1 Å². The summed E-state index contributed by atoms with van der Waals surface area (Å²) < 4.78 is 11.6. The number of carbonyl (C=O) groups excluding carboxylic acids is 1. The molecule has 8 nitrogen and oxygen atoms in total. The average Bonchev–Trinajstić information content (AvgIpc) is 3.11. The Morgan fingerprint density at radius 1 is 1.42 bits per heavy atom. The fourth-order valence-corrected chi connectivity index (χ4v) is 2.86. The van der Waals surface area contributed by atoms with Gasteiger partial charge in [-0.15, -0.1) is 10.2 Å². The number of ether oxygens (including phenoxy) is 1. The van der Waals surface area contributed by atoms with Crippen LogP contribution in [0.4, 0.5) is 0 Å². The molecular formula is C16H28N4O4. The van der Waals surface area contributed by atoms with E-state index in [1.54, 1.807) is 0 Å². The van der Waals surface area contributed by atoms with Crippen LogP contribution in [0.5, 0.6) is 0 Å². The van der Waals surface area contributed by atoms with Gasteiger partial charge in [-0.1, -0.05) is 33.1 Å². The van der Waals surface area contributed by atoms with E-state index >= 15 is 0 Å². The van der Waals surface area contributed by atoms with E-state index in [1.165, 1.54) is 0 Å². The Balaban J connectivity index is 2.03. The van der Waals surface area contributed by atoms with Crippen LogP contribution >= 0.6 is 0 Å². The molecule has 2 rings (SSSR count). The number of morpholine rings is 1.